The molecule has 0 saturated carbocycles. The van der Waals surface area contributed by atoms with Crippen LogP contribution in [0.4, 0.5) is 0 Å². The molecule has 0 spiro atoms. The number of thiophene rings is 1. The molecule has 0 bridgehead atoms. The number of fused-ring (bicyclic) bond motifs is 3. The van der Waals surface area contributed by atoms with Crippen molar-refractivity contribution in [3.05, 3.63) is 67.8 Å². The molecule has 0 N–H and O–H groups in total. The van der Waals surface area contributed by atoms with Gasteiger partial charge in [0.25, 0.3) is 5.56 Å². The molecule has 0 saturated heterocycles. The molecule has 0 fully saturated rings. The molecule has 0 radical (unpaired) electrons. The van der Waals surface area contributed by atoms with E-state index >= 15 is 0 Å². The van der Waals surface area contributed by atoms with E-state index in [0.29, 0.717) is 17.3 Å². The minimum absolute atomic E-state index is 0.00658. The lowest BCUT2D eigenvalue weighted by atomic mass is 10.1. The fraction of sp³-hybridized carbons (Fsp3) is 0.318. The maximum atomic E-state index is 13.3. The lowest BCUT2D eigenvalue weighted by Crippen LogP contribution is -2.23. The minimum atomic E-state index is -0.00658. The van der Waals surface area contributed by atoms with Gasteiger partial charge in [-0.05, 0) is 43.4 Å². The van der Waals surface area contributed by atoms with Crippen LogP contribution in [0.1, 0.15) is 40.1 Å². The summed E-state index contributed by atoms with van der Waals surface area (Å²) >= 11 is 6.35. The van der Waals surface area contributed by atoms with Crippen molar-refractivity contribution in [2.75, 3.05) is 5.75 Å². The number of halogens is 1. The van der Waals surface area contributed by atoms with Crippen LogP contribution in [-0.4, -0.2) is 21.1 Å². The average molecular weight is 489 g/mol. The van der Waals surface area contributed by atoms with E-state index in [1.807, 2.05) is 12.1 Å². The zero-order valence-corrected chi connectivity index (χ0v) is 19.2. The summed E-state index contributed by atoms with van der Waals surface area (Å²) in [6.45, 7) is 4.18. The van der Waals surface area contributed by atoms with Gasteiger partial charge in [-0.1, -0.05) is 52.3 Å². The van der Waals surface area contributed by atoms with Crippen molar-refractivity contribution >= 4 is 55.0 Å². The Morgan fingerprint density at radius 2 is 2.00 bits per heavy atom. The highest BCUT2D eigenvalue weighted by Gasteiger charge is 2.21. The topological polar surface area (TPSA) is 52.0 Å². The summed E-state index contributed by atoms with van der Waals surface area (Å²) < 4.78 is 2.60. The van der Waals surface area contributed by atoms with Gasteiger partial charge in [0.2, 0.25) is 0 Å². The third-order valence-electron chi connectivity index (χ3n) is 5.10. The SMILES string of the molecule is C=CCn1c(SCC(=O)c2ccc(Br)cc2)nc2sc3c(c2c1=O)CCCCC3. The molecule has 0 aliphatic heterocycles. The van der Waals surface area contributed by atoms with Crippen LogP contribution in [0.2, 0.25) is 0 Å². The van der Waals surface area contributed by atoms with Crippen LogP contribution in [0, 0.1) is 0 Å². The Labute approximate surface area is 186 Å². The maximum Gasteiger partial charge on any atom is 0.263 e. The molecule has 3 aromatic rings. The van der Waals surface area contributed by atoms with Crippen molar-refractivity contribution < 1.29 is 4.79 Å². The Hall–Kier alpha value is -1.70. The lowest BCUT2D eigenvalue weighted by molar-refractivity contribution is 0.102. The summed E-state index contributed by atoms with van der Waals surface area (Å²) in [6.07, 6.45) is 7.20. The predicted molar refractivity (Wildman–Crippen MR) is 125 cm³/mol. The number of aromatic nitrogens is 2. The Morgan fingerprint density at radius 1 is 1.24 bits per heavy atom. The van der Waals surface area contributed by atoms with E-state index in [9.17, 15) is 9.59 Å². The highest BCUT2D eigenvalue weighted by molar-refractivity contribution is 9.10. The first-order valence-electron chi connectivity index (χ1n) is 9.66. The summed E-state index contributed by atoms with van der Waals surface area (Å²) in [4.78, 5) is 32.8. The first kappa shape index (κ1) is 20.6. The molecule has 2 heterocycles. The molecule has 4 rings (SSSR count). The molecule has 150 valence electrons. The molecule has 2 aromatic heterocycles. The van der Waals surface area contributed by atoms with Crippen molar-refractivity contribution in [2.24, 2.45) is 0 Å². The Kier molecular flexibility index (Phi) is 6.37. The molecule has 1 aromatic carbocycles. The van der Waals surface area contributed by atoms with Gasteiger partial charge in [0.1, 0.15) is 4.83 Å². The van der Waals surface area contributed by atoms with E-state index in [1.165, 1.54) is 35.0 Å². The van der Waals surface area contributed by atoms with Crippen molar-refractivity contribution in [1.29, 1.82) is 0 Å². The Balaban J connectivity index is 1.69. The van der Waals surface area contributed by atoms with Gasteiger partial charge in [0.15, 0.2) is 10.9 Å². The predicted octanol–water partition coefficient (Wildman–Crippen LogP) is 5.65. The van der Waals surface area contributed by atoms with Crippen LogP contribution in [0.3, 0.4) is 0 Å². The zero-order chi connectivity index (χ0) is 20.4. The molecule has 0 unspecified atom stereocenters. The number of carbonyl (C=O) groups is 1. The Morgan fingerprint density at radius 3 is 2.76 bits per heavy atom. The maximum absolute atomic E-state index is 13.3. The van der Waals surface area contributed by atoms with Crippen LogP contribution in [0.15, 0.2) is 51.3 Å². The summed E-state index contributed by atoms with van der Waals surface area (Å²) in [5.41, 5.74) is 1.84. The van der Waals surface area contributed by atoms with E-state index in [4.69, 9.17) is 4.98 Å². The first-order valence-corrected chi connectivity index (χ1v) is 12.3. The van der Waals surface area contributed by atoms with Crippen molar-refractivity contribution in [3.8, 4) is 0 Å². The molecular weight excluding hydrogens is 468 g/mol. The van der Waals surface area contributed by atoms with E-state index in [2.05, 4.69) is 22.5 Å². The molecule has 29 heavy (non-hydrogen) atoms. The molecule has 0 atom stereocenters. The van der Waals surface area contributed by atoms with Gasteiger partial charge >= 0.3 is 0 Å². The first-order chi connectivity index (χ1) is 14.1. The standard InChI is InChI=1S/C22H21BrN2O2S2/c1-2-12-25-21(27)19-16-6-4-3-5-7-18(16)29-20(19)24-22(25)28-13-17(26)14-8-10-15(23)11-9-14/h2,8-11H,1,3-7,12-13H2. The van der Waals surface area contributed by atoms with Gasteiger partial charge in [0, 0.05) is 21.5 Å². The second-order valence-electron chi connectivity index (χ2n) is 7.06. The summed E-state index contributed by atoms with van der Waals surface area (Å²) in [5, 5.41) is 1.36. The minimum Gasteiger partial charge on any atom is -0.293 e. The average Bonchev–Trinajstić information content (AvgIpc) is 2.90. The molecule has 1 aliphatic carbocycles. The summed E-state index contributed by atoms with van der Waals surface area (Å²) in [5.74, 6) is 0.255. The monoisotopic (exact) mass is 488 g/mol. The number of allylic oxidation sites excluding steroid dienone is 1. The number of ketones is 1. The van der Waals surface area contributed by atoms with Gasteiger partial charge in [-0.15, -0.1) is 17.9 Å². The van der Waals surface area contributed by atoms with Gasteiger partial charge in [-0.3, -0.25) is 14.2 Å². The normalized spacial score (nSPS) is 13.8. The van der Waals surface area contributed by atoms with Gasteiger partial charge in [-0.25, -0.2) is 4.98 Å². The number of thioether (sulfide) groups is 1. The number of rotatable bonds is 6. The largest absolute Gasteiger partial charge is 0.293 e. The third-order valence-corrected chi connectivity index (χ3v) is 7.79. The molecule has 0 amide bonds. The van der Waals surface area contributed by atoms with E-state index in [1.54, 1.807) is 34.1 Å². The van der Waals surface area contributed by atoms with Crippen molar-refractivity contribution in [1.82, 2.24) is 9.55 Å². The molecule has 7 heteroatoms. The van der Waals surface area contributed by atoms with Crippen LogP contribution < -0.4 is 5.56 Å². The Bertz CT molecular complexity index is 1130. The van der Waals surface area contributed by atoms with Crippen molar-refractivity contribution in [2.45, 2.75) is 43.8 Å². The van der Waals surface area contributed by atoms with Gasteiger partial charge in [0.05, 0.1) is 11.1 Å². The summed E-state index contributed by atoms with van der Waals surface area (Å²) in [6, 6.07) is 7.32. The van der Waals surface area contributed by atoms with E-state index < -0.39 is 0 Å². The van der Waals surface area contributed by atoms with Gasteiger partial charge in [-0.2, -0.15) is 0 Å². The quantitative estimate of drug-likeness (QED) is 0.148. The van der Waals surface area contributed by atoms with Crippen LogP contribution in [0.5, 0.6) is 0 Å². The smallest absolute Gasteiger partial charge is 0.263 e. The van der Waals surface area contributed by atoms with Crippen LogP contribution in [-0.2, 0) is 19.4 Å². The number of nitrogens with zero attached hydrogens (tertiary/aromatic N) is 2. The third kappa shape index (κ3) is 4.27. The highest BCUT2D eigenvalue weighted by atomic mass is 79.9. The number of carbonyl (C=O) groups excluding carboxylic acids is 1. The zero-order valence-electron chi connectivity index (χ0n) is 15.9. The van der Waals surface area contributed by atoms with Crippen molar-refractivity contribution in [3.63, 3.8) is 0 Å². The molecule has 1 aliphatic rings. The van der Waals surface area contributed by atoms with Gasteiger partial charge < -0.3 is 0 Å². The number of hydrogen-bond acceptors (Lipinski definition) is 5. The van der Waals surface area contributed by atoms with E-state index in [0.717, 1.165) is 34.0 Å². The number of hydrogen-bond donors (Lipinski definition) is 0. The second-order valence-corrected chi connectivity index (χ2v) is 10.0. The van der Waals surface area contributed by atoms with Crippen LogP contribution in [0.25, 0.3) is 10.2 Å². The fourth-order valence-electron chi connectivity index (χ4n) is 3.65. The molecule has 4 nitrogen and oxygen atoms in total. The van der Waals surface area contributed by atoms with Crippen LogP contribution >= 0.6 is 39.0 Å². The molecular formula is C22H21BrN2O2S2. The lowest BCUT2D eigenvalue weighted by Gasteiger charge is -2.10. The van der Waals surface area contributed by atoms with E-state index in [-0.39, 0.29) is 17.1 Å². The fourth-order valence-corrected chi connectivity index (χ4v) is 6.12. The highest BCUT2D eigenvalue weighted by Crippen LogP contribution is 2.34. The second kappa shape index (κ2) is 8.98. The number of aryl methyl sites for hydroxylation is 2. The summed E-state index contributed by atoms with van der Waals surface area (Å²) in [7, 11) is 0. The number of Topliss-reactive ketones (excluding diaryl/α,β-unsaturated/α-hetero) is 1. The number of benzene rings is 1.